The lowest BCUT2D eigenvalue weighted by Crippen LogP contribution is -2.04. The Morgan fingerprint density at radius 2 is 1.76 bits per heavy atom. The third kappa shape index (κ3) is 8.49. The lowest BCUT2D eigenvalue weighted by atomic mass is 10.1. The Bertz CT molecular complexity index is 329. The van der Waals surface area contributed by atoms with Crippen molar-refractivity contribution in [3.8, 4) is 0 Å². The Balaban J connectivity index is 4.12. The minimum atomic E-state index is -0.274. The van der Waals surface area contributed by atoms with E-state index in [-0.39, 0.29) is 5.97 Å². The molecule has 0 aliphatic carbocycles. The fourth-order valence-corrected chi connectivity index (χ4v) is 1.28. The number of hydrogen-bond donors (Lipinski definition) is 0. The summed E-state index contributed by atoms with van der Waals surface area (Å²) in [5.74, 6) is -0.274. The number of ether oxygens (including phenoxy) is 1. The average Bonchev–Trinajstić information content (AvgIpc) is 2.25. The first-order valence-electron chi connectivity index (χ1n) is 6.05. The molecule has 0 amide bonds. The fourth-order valence-electron chi connectivity index (χ4n) is 1.28. The quantitative estimate of drug-likeness (QED) is 0.393. The molecule has 2 nitrogen and oxygen atoms in total. The van der Waals surface area contributed by atoms with Gasteiger partial charge in [-0.05, 0) is 53.0 Å². The third-order valence-corrected chi connectivity index (χ3v) is 2.53. The molecule has 0 aliphatic rings. The molecule has 0 heterocycles. The molecule has 0 unspecified atom stereocenters. The van der Waals surface area contributed by atoms with Gasteiger partial charge in [-0.15, -0.1) is 0 Å². The van der Waals surface area contributed by atoms with Gasteiger partial charge in [0, 0.05) is 6.08 Å². The molecule has 0 aromatic carbocycles. The molecular weight excluding hydrogens is 212 g/mol. The molecule has 0 bridgehead atoms. The van der Waals surface area contributed by atoms with E-state index >= 15 is 0 Å². The number of esters is 1. The Labute approximate surface area is 105 Å². The van der Waals surface area contributed by atoms with Crippen LogP contribution in [-0.4, -0.2) is 12.6 Å². The Morgan fingerprint density at radius 1 is 1.12 bits per heavy atom. The fraction of sp³-hybridized carbons (Fsp3) is 0.533. The molecule has 0 fully saturated rings. The highest BCUT2D eigenvalue weighted by molar-refractivity contribution is 5.81. The first kappa shape index (κ1) is 15.7. The molecule has 0 radical (unpaired) electrons. The van der Waals surface area contributed by atoms with Crippen molar-refractivity contribution in [3.05, 3.63) is 34.9 Å². The molecule has 0 saturated heterocycles. The second kappa shape index (κ2) is 8.80. The van der Waals surface area contributed by atoms with Gasteiger partial charge in [0.2, 0.25) is 0 Å². The van der Waals surface area contributed by atoms with Crippen LogP contribution in [0, 0.1) is 0 Å². The first-order valence-corrected chi connectivity index (χ1v) is 6.05. The van der Waals surface area contributed by atoms with Crippen molar-refractivity contribution < 1.29 is 9.53 Å². The lowest BCUT2D eigenvalue weighted by Gasteiger charge is -2.07. The summed E-state index contributed by atoms with van der Waals surface area (Å²) in [4.78, 5) is 11.1. The van der Waals surface area contributed by atoms with Crippen LogP contribution in [0.4, 0.5) is 0 Å². The van der Waals surface area contributed by atoms with Gasteiger partial charge in [-0.3, -0.25) is 0 Å². The van der Waals surface area contributed by atoms with Crippen molar-refractivity contribution in [2.45, 2.75) is 47.5 Å². The van der Waals surface area contributed by atoms with Gasteiger partial charge in [-0.25, -0.2) is 4.79 Å². The second-order valence-electron chi connectivity index (χ2n) is 4.49. The maximum absolute atomic E-state index is 11.1. The predicted molar refractivity (Wildman–Crippen MR) is 72.8 cm³/mol. The van der Waals surface area contributed by atoms with Gasteiger partial charge < -0.3 is 4.74 Å². The van der Waals surface area contributed by atoms with Crippen LogP contribution in [0.25, 0.3) is 0 Å². The van der Waals surface area contributed by atoms with Gasteiger partial charge in [-0.2, -0.15) is 0 Å². The van der Waals surface area contributed by atoms with Gasteiger partial charge in [0.25, 0.3) is 0 Å². The summed E-state index contributed by atoms with van der Waals surface area (Å²) in [6.45, 7) is 10.5. The third-order valence-electron chi connectivity index (χ3n) is 2.53. The standard InChI is InChI=1S/C15H24O2/c1-6-8-15(16)17-11-14(5)13(4)10-7-9-12(2)3/h6,8-9H,7,10-11H2,1-5H3/b8-6?,14-13+. The summed E-state index contributed by atoms with van der Waals surface area (Å²) in [7, 11) is 0. The summed E-state index contributed by atoms with van der Waals surface area (Å²) in [6, 6.07) is 0. The average molecular weight is 236 g/mol. The van der Waals surface area contributed by atoms with Gasteiger partial charge >= 0.3 is 5.97 Å². The minimum Gasteiger partial charge on any atom is -0.458 e. The van der Waals surface area contributed by atoms with Gasteiger partial charge in [-0.1, -0.05) is 23.3 Å². The Kier molecular flexibility index (Phi) is 8.12. The van der Waals surface area contributed by atoms with Gasteiger partial charge in [0.15, 0.2) is 0 Å². The second-order valence-corrected chi connectivity index (χ2v) is 4.49. The van der Waals surface area contributed by atoms with Crippen LogP contribution in [0.3, 0.4) is 0 Å². The van der Waals surface area contributed by atoms with Crippen LogP contribution in [0.2, 0.25) is 0 Å². The molecule has 0 saturated carbocycles. The highest BCUT2D eigenvalue weighted by atomic mass is 16.5. The van der Waals surface area contributed by atoms with E-state index in [4.69, 9.17) is 4.74 Å². The van der Waals surface area contributed by atoms with E-state index in [2.05, 4.69) is 26.8 Å². The van der Waals surface area contributed by atoms with E-state index in [1.807, 2.05) is 6.92 Å². The van der Waals surface area contributed by atoms with E-state index < -0.39 is 0 Å². The van der Waals surface area contributed by atoms with Gasteiger partial charge in [0.1, 0.15) is 6.61 Å². The van der Waals surface area contributed by atoms with Crippen LogP contribution < -0.4 is 0 Å². The van der Waals surface area contributed by atoms with E-state index in [9.17, 15) is 4.79 Å². The highest BCUT2D eigenvalue weighted by Crippen LogP contribution is 2.12. The zero-order valence-electron chi connectivity index (χ0n) is 11.7. The molecule has 0 atom stereocenters. The molecule has 17 heavy (non-hydrogen) atoms. The molecule has 0 aromatic heterocycles. The summed E-state index contributed by atoms with van der Waals surface area (Å²) in [6.07, 6.45) is 7.42. The highest BCUT2D eigenvalue weighted by Gasteiger charge is 2.00. The summed E-state index contributed by atoms with van der Waals surface area (Å²) < 4.78 is 5.09. The van der Waals surface area contributed by atoms with Gasteiger partial charge in [0.05, 0.1) is 0 Å². The van der Waals surface area contributed by atoms with Crippen molar-refractivity contribution in [1.29, 1.82) is 0 Å². The van der Waals surface area contributed by atoms with E-state index in [0.29, 0.717) is 6.61 Å². The smallest absolute Gasteiger partial charge is 0.330 e. The molecular formula is C15H24O2. The summed E-state index contributed by atoms with van der Waals surface area (Å²) in [5.41, 5.74) is 3.79. The van der Waals surface area contributed by atoms with Crippen molar-refractivity contribution >= 4 is 5.97 Å². The first-order chi connectivity index (χ1) is 7.97. The Hall–Kier alpha value is -1.31. The maximum Gasteiger partial charge on any atom is 0.330 e. The van der Waals surface area contributed by atoms with Crippen molar-refractivity contribution in [3.63, 3.8) is 0 Å². The SMILES string of the molecule is CC=CC(=O)OC/C(C)=C(\C)CCC=C(C)C. The summed E-state index contributed by atoms with van der Waals surface area (Å²) >= 11 is 0. The zero-order chi connectivity index (χ0) is 13.3. The minimum absolute atomic E-state index is 0.274. The van der Waals surface area contributed by atoms with Crippen molar-refractivity contribution in [2.75, 3.05) is 6.61 Å². The normalized spacial score (nSPS) is 12.3. The monoisotopic (exact) mass is 236 g/mol. The number of rotatable bonds is 6. The molecule has 0 aromatic rings. The van der Waals surface area contributed by atoms with E-state index in [0.717, 1.165) is 18.4 Å². The maximum atomic E-state index is 11.1. The molecule has 2 heteroatoms. The van der Waals surface area contributed by atoms with Crippen LogP contribution in [0.1, 0.15) is 47.5 Å². The van der Waals surface area contributed by atoms with Crippen LogP contribution >= 0.6 is 0 Å². The molecule has 0 N–H and O–H groups in total. The van der Waals surface area contributed by atoms with E-state index in [1.54, 1.807) is 13.0 Å². The predicted octanol–water partition coefficient (Wildman–Crippen LogP) is 4.19. The number of allylic oxidation sites excluding steroid dienone is 4. The number of carbonyl (C=O) groups is 1. The summed E-state index contributed by atoms with van der Waals surface area (Å²) in [5, 5.41) is 0. The number of hydrogen-bond acceptors (Lipinski definition) is 2. The molecule has 96 valence electrons. The topological polar surface area (TPSA) is 26.3 Å². The van der Waals surface area contributed by atoms with E-state index in [1.165, 1.54) is 17.2 Å². The van der Waals surface area contributed by atoms with Crippen molar-refractivity contribution in [1.82, 2.24) is 0 Å². The Morgan fingerprint density at radius 3 is 2.29 bits per heavy atom. The zero-order valence-corrected chi connectivity index (χ0v) is 11.7. The molecule has 0 spiro atoms. The lowest BCUT2D eigenvalue weighted by molar-refractivity contribution is -0.136. The largest absolute Gasteiger partial charge is 0.458 e. The van der Waals surface area contributed by atoms with Crippen LogP contribution in [0.5, 0.6) is 0 Å². The van der Waals surface area contributed by atoms with Crippen LogP contribution in [0.15, 0.2) is 34.9 Å². The van der Waals surface area contributed by atoms with Crippen molar-refractivity contribution in [2.24, 2.45) is 0 Å². The number of carbonyl (C=O) groups excluding carboxylic acids is 1. The van der Waals surface area contributed by atoms with Crippen LogP contribution in [-0.2, 0) is 9.53 Å². The molecule has 0 rings (SSSR count). The molecule has 0 aliphatic heterocycles.